The molecule has 2 N–H and O–H groups in total. The molecular weight excluding hydrogens is 322 g/mol. The Morgan fingerprint density at radius 1 is 1.36 bits per heavy atom. The summed E-state index contributed by atoms with van der Waals surface area (Å²) >= 11 is 0. The number of nitrogens with one attached hydrogen (secondary N) is 2. The van der Waals surface area contributed by atoms with Crippen LogP contribution in [0.1, 0.15) is 41.3 Å². The van der Waals surface area contributed by atoms with Gasteiger partial charge >= 0.3 is 0 Å². The molecule has 2 aliphatic heterocycles. The number of rotatable bonds is 4. The van der Waals surface area contributed by atoms with E-state index >= 15 is 0 Å². The van der Waals surface area contributed by atoms with Gasteiger partial charge in [-0.05, 0) is 36.6 Å². The van der Waals surface area contributed by atoms with Gasteiger partial charge in [-0.25, -0.2) is 0 Å². The SMILES string of the molecule is CC=CC(=O)NCc1ccc2c(c1)C(=O)N(C1CCC(=O)NC1=O)C2. The molecule has 0 aliphatic carbocycles. The molecular formula is C18H19N3O4. The number of hydrogen-bond acceptors (Lipinski definition) is 4. The topological polar surface area (TPSA) is 95.6 Å². The van der Waals surface area contributed by atoms with Crippen LogP contribution in [-0.4, -0.2) is 34.6 Å². The Bertz CT molecular complexity index is 785. The van der Waals surface area contributed by atoms with Gasteiger partial charge in [-0.1, -0.05) is 18.2 Å². The van der Waals surface area contributed by atoms with Crippen LogP contribution in [0.2, 0.25) is 0 Å². The molecule has 3 rings (SSSR count). The third kappa shape index (κ3) is 3.45. The molecule has 130 valence electrons. The van der Waals surface area contributed by atoms with Crippen molar-refractivity contribution in [2.75, 3.05) is 0 Å². The fourth-order valence-electron chi connectivity index (χ4n) is 3.11. The summed E-state index contributed by atoms with van der Waals surface area (Å²) in [5.41, 5.74) is 2.20. The van der Waals surface area contributed by atoms with Gasteiger partial charge < -0.3 is 10.2 Å². The number of imide groups is 1. The highest BCUT2D eigenvalue weighted by Gasteiger charge is 2.38. The first-order valence-electron chi connectivity index (χ1n) is 8.16. The smallest absolute Gasteiger partial charge is 0.255 e. The van der Waals surface area contributed by atoms with Gasteiger partial charge in [-0.15, -0.1) is 0 Å². The molecule has 1 saturated heterocycles. The van der Waals surface area contributed by atoms with E-state index in [4.69, 9.17) is 0 Å². The monoisotopic (exact) mass is 341 g/mol. The van der Waals surface area contributed by atoms with Crippen LogP contribution in [0.3, 0.4) is 0 Å². The van der Waals surface area contributed by atoms with Crippen LogP contribution >= 0.6 is 0 Å². The number of benzene rings is 1. The van der Waals surface area contributed by atoms with Crippen molar-refractivity contribution < 1.29 is 19.2 Å². The van der Waals surface area contributed by atoms with Crippen LogP contribution in [0, 0.1) is 0 Å². The lowest BCUT2D eigenvalue weighted by atomic mass is 10.0. The molecule has 2 aliphatic rings. The van der Waals surface area contributed by atoms with Crippen molar-refractivity contribution in [1.82, 2.24) is 15.5 Å². The van der Waals surface area contributed by atoms with Gasteiger partial charge in [0.05, 0.1) is 0 Å². The van der Waals surface area contributed by atoms with Crippen molar-refractivity contribution in [2.45, 2.75) is 38.9 Å². The quantitative estimate of drug-likeness (QED) is 0.620. The van der Waals surface area contributed by atoms with E-state index in [1.54, 1.807) is 19.1 Å². The average molecular weight is 341 g/mol. The van der Waals surface area contributed by atoms with Crippen molar-refractivity contribution >= 4 is 23.6 Å². The van der Waals surface area contributed by atoms with Gasteiger partial charge in [-0.2, -0.15) is 0 Å². The van der Waals surface area contributed by atoms with Crippen LogP contribution in [0.5, 0.6) is 0 Å². The number of carbonyl (C=O) groups is 4. The zero-order valence-electron chi connectivity index (χ0n) is 13.9. The largest absolute Gasteiger partial charge is 0.348 e. The molecule has 0 aromatic heterocycles. The molecule has 25 heavy (non-hydrogen) atoms. The predicted molar refractivity (Wildman–Crippen MR) is 89.1 cm³/mol. The molecule has 4 amide bonds. The Balaban J connectivity index is 1.72. The maximum atomic E-state index is 12.7. The predicted octanol–water partition coefficient (Wildman–Crippen LogP) is 0.640. The molecule has 1 aromatic rings. The number of allylic oxidation sites excluding steroid dienone is 1. The Labute approximate surface area is 145 Å². The molecule has 2 heterocycles. The van der Waals surface area contributed by atoms with Gasteiger partial charge in [0.1, 0.15) is 6.04 Å². The van der Waals surface area contributed by atoms with E-state index < -0.39 is 11.9 Å². The molecule has 0 saturated carbocycles. The zero-order chi connectivity index (χ0) is 18.0. The Morgan fingerprint density at radius 2 is 2.16 bits per heavy atom. The molecule has 1 unspecified atom stereocenters. The van der Waals surface area contributed by atoms with E-state index in [1.807, 2.05) is 12.1 Å². The molecule has 1 aromatic carbocycles. The summed E-state index contributed by atoms with van der Waals surface area (Å²) in [6, 6.07) is 4.83. The molecule has 7 heteroatoms. The summed E-state index contributed by atoms with van der Waals surface area (Å²) in [5.74, 6) is -1.13. The van der Waals surface area contributed by atoms with E-state index in [2.05, 4.69) is 10.6 Å². The summed E-state index contributed by atoms with van der Waals surface area (Å²) in [6.07, 6.45) is 3.66. The highest BCUT2D eigenvalue weighted by molar-refractivity contribution is 6.05. The maximum absolute atomic E-state index is 12.7. The van der Waals surface area contributed by atoms with Crippen molar-refractivity contribution in [2.24, 2.45) is 0 Å². The van der Waals surface area contributed by atoms with E-state index in [0.29, 0.717) is 25.1 Å². The van der Waals surface area contributed by atoms with Crippen molar-refractivity contribution in [3.8, 4) is 0 Å². The lowest BCUT2D eigenvalue weighted by Crippen LogP contribution is -2.52. The number of amides is 4. The Kier molecular flexibility index (Phi) is 4.65. The number of nitrogens with zero attached hydrogens (tertiary/aromatic N) is 1. The number of fused-ring (bicyclic) bond motifs is 1. The fraction of sp³-hybridized carbons (Fsp3) is 0.333. The summed E-state index contributed by atoms with van der Waals surface area (Å²) in [7, 11) is 0. The van der Waals surface area contributed by atoms with Crippen molar-refractivity contribution in [3.05, 3.63) is 47.0 Å². The summed E-state index contributed by atoms with van der Waals surface area (Å²) in [6.45, 7) is 2.44. The molecule has 0 bridgehead atoms. The minimum Gasteiger partial charge on any atom is -0.348 e. The fourth-order valence-corrected chi connectivity index (χ4v) is 3.11. The summed E-state index contributed by atoms with van der Waals surface area (Å²) < 4.78 is 0. The van der Waals surface area contributed by atoms with E-state index in [9.17, 15) is 19.2 Å². The van der Waals surface area contributed by atoms with Crippen LogP contribution in [0.15, 0.2) is 30.4 Å². The van der Waals surface area contributed by atoms with Crippen LogP contribution in [-0.2, 0) is 27.5 Å². The van der Waals surface area contributed by atoms with Crippen LogP contribution < -0.4 is 10.6 Å². The van der Waals surface area contributed by atoms with Crippen molar-refractivity contribution in [1.29, 1.82) is 0 Å². The standard InChI is InChI=1S/C18H19N3O4/c1-2-3-15(22)19-9-11-4-5-12-10-21(18(25)13(12)8-11)14-6-7-16(23)20-17(14)24/h2-5,8,14H,6-7,9-10H2,1H3,(H,19,22)(H,20,23,24). The minimum absolute atomic E-state index is 0.195. The number of hydrogen-bond donors (Lipinski definition) is 2. The number of piperidine rings is 1. The zero-order valence-corrected chi connectivity index (χ0v) is 13.9. The van der Waals surface area contributed by atoms with Gasteiger partial charge in [0.2, 0.25) is 17.7 Å². The third-order valence-electron chi connectivity index (χ3n) is 4.38. The first-order chi connectivity index (χ1) is 12.0. The molecule has 1 atom stereocenters. The van der Waals surface area contributed by atoms with Crippen LogP contribution in [0.25, 0.3) is 0 Å². The van der Waals surface area contributed by atoms with Gasteiger partial charge in [-0.3, -0.25) is 24.5 Å². The molecule has 0 spiro atoms. The normalized spacial score (nSPS) is 20.0. The van der Waals surface area contributed by atoms with E-state index in [0.717, 1.165) is 11.1 Å². The van der Waals surface area contributed by atoms with Gasteiger partial charge in [0, 0.05) is 25.1 Å². The first-order valence-corrected chi connectivity index (χ1v) is 8.16. The molecule has 1 fully saturated rings. The number of carbonyl (C=O) groups excluding carboxylic acids is 4. The Hall–Kier alpha value is -2.96. The highest BCUT2D eigenvalue weighted by atomic mass is 16.2. The highest BCUT2D eigenvalue weighted by Crippen LogP contribution is 2.28. The lowest BCUT2D eigenvalue weighted by Gasteiger charge is -2.29. The second kappa shape index (κ2) is 6.88. The lowest BCUT2D eigenvalue weighted by molar-refractivity contribution is -0.137. The van der Waals surface area contributed by atoms with Gasteiger partial charge in [0.25, 0.3) is 5.91 Å². The van der Waals surface area contributed by atoms with Crippen molar-refractivity contribution in [3.63, 3.8) is 0 Å². The van der Waals surface area contributed by atoms with E-state index in [-0.39, 0.29) is 24.1 Å². The average Bonchev–Trinajstić information content (AvgIpc) is 2.90. The third-order valence-corrected chi connectivity index (χ3v) is 4.38. The second-order valence-corrected chi connectivity index (χ2v) is 6.11. The van der Waals surface area contributed by atoms with Gasteiger partial charge in [0.15, 0.2) is 0 Å². The molecule has 0 radical (unpaired) electrons. The second-order valence-electron chi connectivity index (χ2n) is 6.11. The summed E-state index contributed by atoms with van der Waals surface area (Å²) in [5, 5.41) is 5.02. The Morgan fingerprint density at radius 3 is 2.88 bits per heavy atom. The minimum atomic E-state index is -0.615. The summed E-state index contributed by atoms with van der Waals surface area (Å²) in [4.78, 5) is 49.0. The van der Waals surface area contributed by atoms with E-state index in [1.165, 1.54) is 11.0 Å². The maximum Gasteiger partial charge on any atom is 0.255 e. The molecule has 7 nitrogen and oxygen atoms in total. The first kappa shape index (κ1) is 16.9. The van der Waals surface area contributed by atoms with Crippen LogP contribution in [0.4, 0.5) is 0 Å².